The second kappa shape index (κ2) is 8.02. The van der Waals surface area contributed by atoms with Crippen molar-refractivity contribution in [2.75, 3.05) is 19.8 Å². The Hall–Kier alpha value is -3.42. The Kier molecular flexibility index (Phi) is 5.05. The van der Waals surface area contributed by atoms with Crippen molar-refractivity contribution >= 4 is 5.91 Å². The number of likely N-dealkylation sites (tertiary alicyclic amines) is 1. The van der Waals surface area contributed by atoms with Crippen molar-refractivity contribution in [1.29, 1.82) is 0 Å². The highest BCUT2D eigenvalue weighted by Gasteiger charge is 2.33. The molecular formula is C23H23FN4O3. The number of carbonyl (C=O) groups excluding carboxylic acids is 1. The smallest absolute Gasteiger partial charge is 0.294 e. The fourth-order valence-corrected chi connectivity index (χ4v) is 4.18. The van der Waals surface area contributed by atoms with E-state index in [1.165, 1.54) is 12.1 Å². The number of hydrogen-bond donors (Lipinski definition) is 0. The number of carbonyl (C=O) groups is 1. The minimum atomic E-state index is -0.326. The van der Waals surface area contributed by atoms with Gasteiger partial charge in [0.25, 0.3) is 5.91 Å². The molecule has 1 atom stereocenters. The van der Waals surface area contributed by atoms with Crippen molar-refractivity contribution in [1.82, 2.24) is 19.7 Å². The Balaban J connectivity index is 1.41. The second-order valence-corrected chi connectivity index (χ2v) is 7.78. The predicted octanol–water partition coefficient (Wildman–Crippen LogP) is 3.85. The lowest BCUT2D eigenvalue weighted by atomic mass is 10.0. The number of fused-ring (bicyclic) bond motifs is 1. The molecule has 2 aliphatic rings. The molecule has 0 spiro atoms. The summed E-state index contributed by atoms with van der Waals surface area (Å²) >= 11 is 0. The first-order chi connectivity index (χ1) is 15.1. The van der Waals surface area contributed by atoms with Crippen molar-refractivity contribution in [3.63, 3.8) is 0 Å². The Morgan fingerprint density at radius 3 is 2.65 bits per heavy atom. The maximum absolute atomic E-state index is 13.3. The number of aromatic nitrogens is 3. The molecule has 1 fully saturated rings. The monoisotopic (exact) mass is 422 g/mol. The molecule has 8 heteroatoms. The molecule has 1 aromatic heterocycles. The van der Waals surface area contributed by atoms with Crippen molar-refractivity contribution in [3.8, 4) is 17.2 Å². The van der Waals surface area contributed by atoms with Crippen LogP contribution >= 0.6 is 0 Å². The van der Waals surface area contributed by atoms with Gasteiger partial charge in [0, 0.05) is 13.0 Å². The largest absolute Gasteiger partial charge is 0.490 e. The molecule has 2 aromatic carbocycles. The van der Waals surface area contributed by atoms with Crippen LogP contribution in [0.4, 0.5) is 4.39 Å². The number of amides is 1. The van der Waals surface area contributed by atoms with Gasteiger partial charge in [-0.25, -0.2) is 14.1 Å². The maximum Gasteiger partial charge on any atom is 0.294 e. The fraction of sp³-hybridized carbons (Fsp3) is 0.348. The minimum absolute atomic E-state index is 0.0669. The average molecular weight is 422 g/mol. The number of hydrogen-bond acceptors (Lipinski definition) is 5. The zero-order valence-corrected chi connectivity index (χ0v) is 17.3. The predicted molar refractivity (Wildman–Crippen MR) is 111 cm³/mol. The van der Waals surface area contributed by atoms with E-state index in [-0.39, 0.29) is 23.6 Å². The Morgan fingerprint density at radius 1 is 1.06 bits per heavy atom. The first-order valence-corrected chi connectivity index (χ1v) is 10.5. The highest BCUT2D eigenvalue weighted by atomic mass is 19.1. The Morgan fingerprint density at radius 2 is 1.84 bits per heavy atom. The highest BCUT2D eigenvalue weighted by Crippen LogP contribution is 2.38. The fourth-order valence-electron chi connectivity index (χ4n) is 4.18. The van der Waals surface area contributed by atoms with Crippen LogP contribution in [0.1, 0.15) is 47.3 Å². The van der Waals surface area contributed by atoms with Gasteiger partial charge in [0.05, 0.1) is 24.9 Å². The molecule has 0 unspecified atom stereocenters. The molecule has 0 saturated carbocycles. The van der Waals surface area contributed by atoms with Gasteiger partial charge in [-0.1, -0.05) is 6.07 Å². The molecule has 0 N–H and O–H groups in total. The SMILES string of the molecule is Cc1nc(C(=O)N2CCC[C@@H]2c2ccc3c(c2)OCCCO3)nn1-c1ccc(F)cc1. The van der Waals surface area contributed by atoms with E-state index in [0.29, 0.717) is 31.3 Å². The molecule has 31 heavy (non-hydrogen) atoms. The number of benzene rings is 2. The van der Waals surface area contributed by atoms with Crippen molar-refractivity contribution in [3.05, 3.63) is 65.5 Å². The topological polar surface area (TPSA) is 69.5 Å². The molecule has 1 saturated heterocycles. The van der Waals surface area contributed by atoms with Gasteiger partial charge in [-0.3, -0.25) is 4.79 Å². The van der Waals surface area contributed by atoms with E-state index in [4.69, 9.17) is 9.47 Å². The van der Waals surface area contributed by atoms with E-state index in [0.717, 1.165) is 36.3 Å². The third-order valence-corrected chi connectivity index (χ3v) is 5.70. The average Bonchev–Trinajstić information content (AvgIpc) is 3.34. The van der Waals surface area contributed by atoms with E-state index >= 15 is 0 Å². The van der Waals surface area contributed by atoms with Crippen molar-refractivity contribution in [2.24, 2.45) is 0 Å². The van der Waals surface area contributed by atoms with Gasteiger partial charge in [0.15, 0.2) is 11.5 Å². The van der Waals surface area contributed by atoms with Crippen LogP contribution in [0.5, 0.6) is 11.5 Å². The maximum atomic E-state index is 13.3. The van der Waals surface area contributed by atoms with E-state index in [9.17, 15) is 9.18 Å². The Bertz CT molecular complexity index is 1110. The number of ether oxygens (including phenoxy) is 2. The summed E-state index contributed by atoms with van der Waals surface area (Å²) < 4.78 is 26.4. The Labute approximate surface area is 179 Å². The summed E-state index contributed by atoms with van der Waals surface area (Å²) in [5.41, 5.74) is 1.68. The second-order valence-electron chi connectivity index (χ2n) is 7.78. The summed E-state index contributed by atoms with van der Waals surface area (Å²) in [6.45, 7) is 3.68. The number of nitrogens with zero attached hydrogens (tertiary/aromatic N) is 4. The van der Waals surface area contributed by atoms with Gasteiger partial charge < -0.3 is 14.4 Å². The standard InChI is InChI=1S/C23H23FN4O3/c1-15-25-22(26-28(15)18-8-6-17(24)7-9-18)23(29)27-11-2-4-19(27)16-5-10-20-21(14-16)31-13-3-12-30-20/h5-10,14,19H,2-4,11-13H2,1H3/t19-/m1/s1. The van der Waals surface area contributed by atoms with Gasteiger partial charge in [0.1, 0.15) is 11.6 Å². The zero-order chi connectivity index (χ0) is 21.4. The van der Waals surface area contributed by atoms with Crippen LogP contribution in [0, 0.1) is 12.7 Å². The van der Waals surface area contributed by atoms with Crippen LogP contribution < -0.4 is 9.47 Å². The van der Waals surface area contributed by atoms with Crippen LogP contribution in [-0.2, 0) is 0 Å². The van der Waals surface area contributed by atoms with E-state index in [1.807, 2.05) is 23.1 Å². The summed E-state index contributed by atoms with van der Waals surface area (Å²) in [6, 6.07) is 11.8. The molecule has 3 aromatic rings. The van der Waals surface area contributed by atoms with Gasteiger partial charge in [-0.2, -0.15) is 0 Å². The lowest BCUT2D eigenvalue weighted by molar-refractivity contribution is 0.0723. The van der Waals surface area contributed by atoms with Gasteiger partial charge >= 0.3 is 0 Å². The van der Waals surface area contributed by atoms with E-state index < -0.39 is 0 Å². The quantitative estimate of drug-likeness (QED) is 0.641. The number of aryl methyl sites for hydroxylation is 1. The third-order valence-electron chi connectivity index (χ3n) is 5.70. The summed E-state index contributed by atoms with van der Waals surface area (Å²) in [6.07, 6.45) is 2.62. The van der Waals surface area contributed by atoms with Crippen molar-refractivity contribution in [2.45, 2.75) is 32.2 Å². The van der Waals surface area contributed by atoms with Gasteiger partial charge in [0.2, 0.25) is 5.82 Å². The van der Waals surface area contributed by atoms with E-state index in [1.54, 1.807) is 23.7 Å². The van der Waals surface area contributed by atoms with Crippen molar-refractivity contribution < 1.29 is 18.7 Å². The number of rotatable bonds is 3. The number of halogens is 1. The molecule has 3 heterocycles. The third kappa shape index (κ3) is 3.73. The normalized spacial score (nSPS) is 18.1. The van der Waals surface area contributed by atoms with Crippen LogP contribution in [0.15, 0.2) is 42.5 Å². The summed E-state index contributed by atoms with van der Waals surface area (Å²) in [5.74, 6) is 1.65. The minimum Gasteiger partial charge on any atom is -0.490 e. The molecule has 0 bridgehead atoms. The summed E-state index contributed by atoms with van der Waals surface area (Å²) in [5, 5.41) is 4.41. The van der Waals surface area contributed by atoms with Gasteiger partial charge in [-0.05, 0) is 61.7 Å². The molecule has 160 valence electrons. The van der Waals surface area contributed by atoms with Crippen LogP contribution in [-0.4, -0.2) is 45.3 Å². The molecule has 1 amide bonds. The molecule has 0 radical (unpaired) electrons. The van der Waals surface area contributed by atoms with Crippen LogP contribution in [0.3, 0.4) is 0 Å². The van der Waals surface area contributed by atoms with Crippen LogP contribution in [0.2, 0.25) is 0 Å². The van der Waals surface area contributed by atoms with E-state index in [2.05, 4.69) is 10.1 Å². The zero-order valence-electron chi connectivity index (χ0n) is 17.3. The molecule has 7 nitrogen and oxygen atoms in total. The highest BCUT2D eigenvalue weighted by molar-refractivity contribution is 5.91. The summed E-state index contributed by atoms with van der Waals surface area (Å²) in [4.78, 5) is 19.5. The molecule has 2 aliphatic heterocycles. The summed E-state index contributed by atoms with van der Waals surface area (Å²) in [7, 11) is 0. The first kappa shape index (κ1) is 19.5. The first-order valence-electron chi connectivity index (χ1n) is 10.5. The lowest BCUT2D eigenvalue weighted by Gasteiger charge is -2.24. The molecular weight excluding hydrogens is 399 g/mol. The molecule has 5 rings (SSSR count). The van der Waals surface area contributed by atoms with Crippen LogP contribution in [0.25, 0.3) is 5.69 Å². The van der Waals surface area contributed by atoms with Gasteiger partial charge in [-0.15, -0.1) is 5.10 Å². The lowest BCUT2D eigenvalue weighted by Crippen LogP contribution is -2.31. The molecule has 0 aliphatic carbocycles.